The van der Waals surface area contributed by atoms with Gasteiger partial charge in [-0.15, -0.1) is 0 Å². The summed E-state index contributed by atoms with van der Waals surface area (Å²) >= 11 is 0. The first-order chi connectivity index (χ1) is 9.22. The molecule has 1 aromatic rings. The topological polar surface area (TPSA) is 55.8 Å². The molecule has 0 amide bonds. The molecule has 1 rings (SSSR count). The van der Waals surface area contributed by atoms with Crippen molar-refractivity contribution < 1.29 is 19.4 Å². The summed E-state index contributed by atoms with van der Waals surface area (Å²) in [6.07, 6.45) is 5.64. The number of benzene rings is 1. The van der Waals surface area contributed by atoms with Crippen LogP contribution in [-0.4, -0.2) is 24.3 Å². The molecule has 1 N–H and O–H groups in total. The highest BCUT2D eigenvalue weighted by Crippen LogP contribution is 2.15. The molecule has 0 aliphatic heterocycles. The van der Waals surface area contributed by atoms with Gasteiger partial charge in [-0.05, 0) is 30.7 Å². The summed E-state index contributed by atoms with van der Waals surface area (Å²) in [6.45, 7) is 2.53. The molecule has 4 nitrogen and oxygen atoms in total. The number of ether oxygens (including phenoxy) is 2. The van der Waals surface area contributed by atoms with Gasteiger partial charge in [0, 0.05) is 0 Å². The van der Waals surface area contributed by atoms with Gasteiger partial charge in [-0.25, -0.2) is 4.79 Å². The highest BCUT2D eigenvalue weighted by Gasteiger charge is 2.04. The second-order valence-corrected chi connectivity index (χ2v) is 4.42. The maximum absolute atomic E-state index is 11.4. The van der Waals surface area contributed by atoms with Crippen LogP contribution in [0.25, 0.3) is 0 Å². The molecule has 0 saturated heterocycles. The quantitative estimate of drug-likeness (QED) is 0.550. The number of aromatic hydroxyl groups is 1. The molecule has 0 spiro atoms. The fourth-order valence-electron chi connectivity index (χ4n) is 1.62. The van der Waals surface area contributed by atoms with Crippen LogP contribution in [0.3, 0.4) is 0 Å². The number of carbonyl (C=O) groups excluding carboxylic acids is 1. The van der Waals surface area contributed by atoms with E-state index >= 15 is 0 Å². The molecule has 0 saturated carbocycles. The Bertz CT molecular complexity index is 359. The summed E-state index contributed by atoms with van der Waals surface area (Å²) in [6, 6.07) is 6.23. The lowest BCUT2D eigenvalue weighted by molar-refractivity contribution is -0.146. The van der Waals surface area contributed by atoms with Gasteiger partial charge in [0.1, 0.15) is 11.5 Å². The smallest absolute Gasteiger partial charge is 0.344 e. The number of carbonyl (C=O) groups is 1. The molecule has 0 unspecified atom stereocenters. The number of unbranched alkanes of at least 4 members (excludes halogenated alkanes) is 4. The number of hydrogen-bond acceptors (Lipinski definition) is 4. The lowest BCUT2D eigenvalue weighted by Gasteiger charge is -2.07. The van der Waals surface area contributed by atoms with E-state index in [4.69, 9.17) is 14.6 Å². The molecule has 0 aliphatic rings. The maximum Gasteiger partial charge on any atom is 0.344 e. The number of rotatable bonds is 9. The monoisotopic (exact) mass is 266 g/mol. The summed E-state index contributed by atoms with van der Waals surface area (Å²) in [5, 5.41) is 9.09. The van der Waals surface area contributed by atoms with Crippen LogP contribution in [0.5, 0.6) is 11.5 Å². The SMILES string of the molecule is CCCCCCCOC(=O)COc1ccc(O)cc1. The van der Waals surface area contributed by atoms with E-state index in [0.717, 1.165) is 12.8 Å². The molecule has 1 aromatic carbocycles. The molecule has 0 atom stereocenters. The third-order valence-corrected chi connectivity index (χ3v) is 2.70. The van der Waals surface area contributed by atoms with Crippen molar-refractivity contribution in [2.24, 2.45) is 0 Å². The highest BCUT2D eigenvalue weighted by molar-refractivity contribution is 5.71. The van der Waals surface area contributed by atoms with E-state index in [2.05, 4.69) is 6.92 Å². The zero-order chi connectivity index (χ0) is 13.9. The minimum atomic E-state index is -0.358. The molecular weight excluding hydrogens is 244 g/mol. The average Bonchev–Trinajstić information content (AvgIpc) is 2.42. The van der Waals surface area contributed by atoms with Gasteiger partial charge in [0.05, 0.1) is 6.61 Å². The third kappa shape index (κ3) is 7.34. The van der Waals surface area contributed by atoms with Crippen molar-refractivity contribution in [3.05, 3.63) is 24.3 Å². The third-order valence-electron chi connectivity index (χ3n) is 2.70. The summed E-state index contributed by atoms with van der Waals surface area (Å²) < 4.78 is 10.3. The van der Waals surface area contributed by atoms with Gasteiger partial charge >= 0.3 is 5.97 Å². The molecule has 19 heavy (non-hydrogen) atoms. The molecule has 0 bridgehead atoms. The Morgan fingerprint density at radius 3 is 2.47 bits per heavy atom. The van der Waals surface area contributed by atoms with E-state index in [-0.39, 0.29) is 18.3 Å². The van der Waals surface area contributed by atoms with Gasteiger partial charge in [-0.3, -0.25) is 0 Å². The van der Waals surface area contributed by atoms with Crippen LogP contribution in [0, 0.1) is 0 Å². The fraction of sp³-hybridized carbons (Fsp3) is 0.533. The van der Waals surface area contributed by atoms with Crippen molar-refractivity contribution in [1.82, 2.24) is 0 Å². The van der Waals surface area contributed by atoms with Crippen molar-refractivity contribution in [3.63, 3.8) is 0 Å². The van der Waals surface area contributed by atoms with E-state index in [1.54, 1.807) is 12.1 Å². The second kappa shape index (κ2) is 9.25. The van der Waals surface area contributed by atoms with Crippen LogP contribution in [0.15, 0.2) is 24.3 Å². The van der Waals surface area contributed by atoms with Crippen LogP contribution < -0.4 is 4.74 Å². The van der Waals surface area contributed by atoms with Gasteiger partial charge in [0.2, 0.25) is 0 Å². The van der Waals surface area contributed by atoms with E-state index in [0.29, 0.717) is 12.4 Å². The number of hydrogen-bond donors (Lipinski definition) is 1. The van der Waals surface area contributed by atoms with Crippen LogP contribution in [0.1, 0.15) is 39.0 Å². The summed E-state index contributed by atoms with van der Waals surface area (Å²) in [4.78, 5) is 11.4. The van der Waals surface area contributed by atoms with Gasteiger partial charge < -0.3 is 14.6 Å². The Hall–Kier alpha value is -1.71. The Morgan fingerprint density at radius 1 is 1.11 bits per heavy atom. The molecule has 0 fully saturated rings. The minimum absolute atomic E-state index is 0.0975. The summed E-state index contributed by atoms with van der Waals surface area (Å²) in [7, 11) is 0. The normalized spacial score (nSPS) is 10.2. The van der Waals surface area contributed by atoms with Crippen LogP contribution >= 0.6 is 0 Å². The molecule has 4 heteroatoms. The van der Waals surface area contributed by atoms with Gasteiger partial charge in [0.25, 0.3) is 0 Å². The molecule has 0 heterocycles. The van der Waals surface area contributed by atoms with Crippen LogP contribution in [-0.2, 0) is 9.53 Å². The first-order valence-electron chi connectivity index (χ1n) is 6.80. The first-order valence-corrected chi connectivity index (χ1v) is 6.80. The van der Waals surface area contributed by atoms with Crippen LogP contribution in [0.2, 0.25) is 0 Å². The molecule has 0 aromatic heterocycles. The van der Waals surface area contributed by atoms with Crippen molar-refractivity contribution in [2.75, 3.05) is 13.2 Å². The lowest BCUT2D eigenvalue weighted by atomic mass is 10.2. The van der Waals surface area contributed by atoms with Gasteiger partial charge in [-0.2, -0.15) is 0 Å². The second-order valence-electron chi connectivity index (χ2n) is 4.42. The molecule has 0 aliphatic carbocycles. The van der Waals surface area contributed by atoms with Gasteiger partial charge in [-0.1, -0.05) is 32.6 Å². The maximum atomic E-state index is 11.4. The fourth-order valence-corrected chi connectivity index (χ4v) is 1.62. The highest BCUT2D eigenvalue weighted by atomic mass is 16.6. The van der Waals surface area contributed by atoms with Crippen LogP contribution in [0.4, 0.5) is 0 Å². The number of phenols is 1. The average molecular weight is 266 g/mol. The van der Waals surface area contributed by atoms with E-state index in [1.165, 1.54) is 31.4 Å². The van der Waals surface area contributed by atoms with Crippen molar-refractivity contribution in [2.45, 2.75) is 39.0 Å². The van der Waals surface area contributed by atoms with Crippen molar-refractivity contribution in [3.8, 4) is 11.5 Å². The minimum Gasteiger partial charge on any atom is -0.508 e. The summed E-state index contributed by atoms with van der Waals surface area (Å²) in [5.74, 6) is 0.350. The van der Waals surface area contributed by atoms with Gasteiger partial charge in [0.15, 0.2) is 6.61 Å². The van der Waals surface area contributed by atoms with E-state index < -0.39 is 0 Å². The number of phenolic OH excluding ortho intramolecular Hbond substituents is 1. The Morgan fingerprint density at radius 2 is 1.79 bits per heavy atom. The largest absolute Gasteiger partial charge is 0.508 e. The lowest BCUT2D eigenvalue weighted by Crippen LogP contribution is -2.15. The molecular formula is C15H22O4. The molecule has 0 radical (unpaired) electrons. The zero-order valence-corrected chi connectivity index (χ0v) is 11.4. The first kappa shape index (κ1) is 15.3. The number of esters is 1. The van der Waals surface area contributed by atoms with Crippen molar-refractivity contribution >= 4 is 5.97 Å². The Balaban J connectivity index is 2.06. The predicted octanol–water partition coefficient (Wildman–Crippen LogP) is 3.28. The Kier molecular flexibility index (Phi) is 7.47. The zero-order valence-electron chi connectivity index (χ0n) is 11.4. The molecule has 106 valence electrons. The Labute approximate surface area is 114 Å². The standard InChI is InChI=1S/C15H22O4/c1-2-3-4-5-6-11-18-15(17)12-19-14-9-7-13(16)8-10-14/h7-10,16H,2-6,11-12H2,1H3. The van der Waals surface area contributed by atoms with E-state index in [9.17, 15) is 4.79 Å². The van der Waals surface area contributed by atoms with E-state index in [1.807, 2.05) is 0 Å². The van der Waals surface area contributed by atoms with Crippen molar-refractivity contribution in [1.29, 1.82) is 0 Å². The summed E-state index contributed by atoms with van der Waals surface area (Å²) in [5.41, 5.74) is 0. The predicted molar refractivity (Wildman–Crippen MR) is 73.3 cm³/mol.